The van der Waals surface area contributed by atoms with Gasteiger partial charge in [0.1, 0.15) is 0 Å². The molecule has 1 fully saturated rings. The van der Waals surface area contributed by atoms with Crippen molar-refractivity contribution in [3.05, 3.63) is 23.8 Å². The zero-order valence-corrected chi connectivity index (χ0v) is 13.9. The Labute approximate surface area is 137 Å². The molecule has 2 unspecified atom stereocenters. The number of nitrogens with two attached hydrogens (primary N) is 1. The summed E-state index contributed by atoms with van der Waals surface area (Å²) in [6.07, 6.45) is 4.72. The minimum atomic E-state index is -0.426. The topological polar surface area (TPSA) is 75.4 Å². The van der Waals surface area contributed by atoms with E-state index in [0.717, 1.165) is 49.0 Å². The summed E-state index contributed by atoms with van der Waals surface area (Å²) >= 11 is 0. The first-order valence-corrected chi connectivity index (χ1v) is 8.39. The highest BCUT2D eigenvalue weighted by atomic mass is 16.2. The summed E-state index contributed by atoms with van der Waals surface area (Å²) in [5.74, 6) is -0.0732. The Hall–Kier alpha value is -1.88. The molecule has 0 aromatic heterocycles. The maximum Gasteiger partial charge on any atom is 0.229 e. The maximum absolute atomic E-state index is 12.6. The summed E-state index contributed by atoms with van der Waals surface area (Å²) in [5.41, 5.74) is 8.74. The van der Waals surface area contributed by atoms with Crippen molar-refractivity contribution in [1.82, 2.24) is 0 Å². The number of nitrogens with zero attached hydrogens (tertiary/aromatic N) is 1. The van der Waals surface area contributed by atoms with Gasteiger partial charge in [0.25, 0.3) is 0 Å². The molecule has 2 amide bonds. The molecule has 0 saturated heterocycles. The Kier molecular flexibility index (Phi) is 4.15. The van der Waals surface area contributed by atoms with Crippen molar-refractivity contribution in [3.8, 4) is 0 Å². The van der Waals surface area contributed by atoms with Crippen molar-refractivity contribution in [2.75, 3.05) is 16.8 Å². The van der Waals surface area contributed by atoms with Crippen LogP contribution in [-0.2, 0) is 16.0 Å². The van der Waals surface area contributed by atoms with E-state index in [9.17, 15) is 9.59 Å². The Bertz CT molecular complexity index is 639. The first kappa shape index (κ1) is 16.0. The quantitative estimate of drug-likeness (QED) is 0.880. The van der Waals surface area contributed by atoms with Crippen LogP contribution in [0.25, 0.3) is 0 Å². The third kappa shape index (κ3) is 3.11. The Balaban J connectivity index is 1.74. The van der Waals surface area contributed by atoms with Crippen molar-refractivity contribution in [3.63, 3.8) is 0 Å². The monoisotopic (exact) mass is 315 g/mol. The van der Waals surface area contributed by atoms with Gasteiger partial charge in [-0.15, -0.1) is 0 Å². The van der Waals surface area contributed by atoms with Crippen LogP contribution in [0.1, 0.15) is 45.1 Å². The number of fused-ring (bicyclic) bond motifs is 1. The van der Waals surface area contributed by atoms with Gasteiger partial charge in [-0.05, 0) is 49.9 Å². The zero-order valence-electron chi connectivity index (χ0n) is 13.9. The first-order chi connectivity index (χ1) is 10.9. The number of hydrogen-bond acceptors (Lipinski definition) is 3. The van der Waals surface area contributed by atoms with Gasteiger partial charge in [-0.3, -0.25) is 9.59 Å². The molecular formula is C18H25N3O2. The minimum Gasteiger partial charge on any atom is -0.326 e. The van der Waals surface area contributed by atoms with Gasteiger partial charge >= 0.3 is 0 Å². The Morgan fingerprint density at radius 2 is 2.13 bits per heavy atom. The number of nitrogens with one attached hydrogen (secondary N) is 1. The van der Waals surface area contributed by atoms with Crippen molar-refractivity contribution in [1.29, 1.82) is 0 Å². The molecule has 5 heteroatoms. The van der Waals surface area contributed by atoms with Gasteiger partial charge in [-0.1, -0.05) is 12.8 Å². The predicted octanol–water partition coefficient (Wildman–Crippen LogP) is 2.44. The van der Waals surface area contributed by atoms with Gasteiger partial charge in [0.15, 0.2) is 0 Å². The van der Waals surface area contributed by atoms with E-state index in [0.29, 0.717) is 6.54 Å². The third-order valence-corrected chi connectivity index (χ3v) is 5.19. The first-order valence-electron chi connectivity index (χ1n) is 8.39. The summed E-state index contributed by atoms with van der Waals surface area (Å²) in [7, 11) is 0. The standard InChI is InChI=1S/C18H25N3O2/c1-12(22)21-10-8-13-11-14(6-7-16(13)21)20-17(23)15-5-3-4-9-18(15,2)19/h6-7,11,15H,3-5,8-10,19H2,1-2H3,(H,20,23). The number of carbonyl (C=O) groups is 2. The van der Waals surface area contributed by atoms with E-state index in [2.05, 4.69) is 5.32 Å². The molecule has 5 nitrogen and oxygen atoms in total. The van der Waals surface area contributed by atoms with E-state index in [1.54, 1.807) is 11.8 Å². The molecule has 1 aromatic carbocycles. The lowest BCUT2D eigenvalue weighted by Gasteiger charge is -2.37. The second-order valence-electron chi connectivity index (χ2n) is 7.06. The average molecular weight is 315 g/mol. The molecule has 0 spiro atoms. The molecule has 1 saturated carbocycles. The van der Waals surface area contributed by atoms with Crippen LogP contribution in [0.4, 0.5) is 11.4 Å². The van der Waals surface area contributed by atoms with Crippen molar-refractivity contribution in [2.45, 2.75) is 51.5 Å². The van der Waals surface area contributed by atoms with Crippen LogP contribution in [0.2, 0.25) is 0 Å². The molecule has 1 heterocycles. The molecule has 3 N–H and O–H groups in total. The summed E-state index contributed by atoms with van der Waals surface area (Å²) in [6.45, 7) is 4.27. The molecule has 0 radical (unpaired) electrons. The highest BCUT2D eigenvalue weighted by Gasteiger charge is 2.37. The molecule has 3 rings (SSSR count). The largest absolute Gasteiger partial charge is 0.326 e. The van der Waals surface area contributed by atoms with Gasteiger partial charge in [0, 0.05) is 30.4 Å². The van der Waals surface area contributed by atoms with Gasteiger partial charge in [-0.25, -0.2) is 0 Å². The average Bonchev–Trinajstić information content (AvgIpc) is 2.89. The van der Waals surface area contributed by atoms with E-state index >= 15 is 0 Å². The molecular weight excluding hydrogens is 290 g/mol. The fourth-order valence-corrected chi connectivity index (χ4v) is 3.82. The second-order valence-corrected chi connectivity index (χ2v) is 7.06. The van der Waals surface area contributed by atoms with Crippen LogP contribution < -0.4 is 16.0 Å². The molecule has 1 aliphatic heterocycles. The predicted molar refractivity (Wildman–Crippen MR) is 91.4 cm³/mol. The van der Waals surface area contributed by atoms with Crippen LogP contribution in [0, 0.1) is 5.92 Å². The minimum absolute atomic E-state index is 0.0103. The summed E-state index contributed by atoms with van der Waals surface area (Å²) in [6, 6.07) is 5.77. The smallest absolute Gasteiger partial charge is 0.229 e. The molecule has 23 heavy (non-hydrogen) atoms. The third-order valence-electron chi connectivity index (χ3n) is 5.19. The van der Waals surface area contributed by atoms with E-state index in [1.807, 2.05) is 25.1 Å². The molecule has 2 atom stereocenters. The van der Waals surface area contributed by atoms with E-state index < -0.39 is 5.54 Å². The lowest BCUT2D eigenvalue weighted by atomic mass is 9.74. The SMILES string of the molecule is CC(=O)N1CCc2cc(NC(=O)C3CCCCC3(C)N)ccc21. The second kappa shape index (κ2) is 5.96. The lowest BCUT2D eigenvalue weighted by molar-refractivity contribution is -0.122. The number of amides is 2. The van der Waals surface area contributed by atoms with Crippen LogP contribution in [0.5, 0.6) is 0 Å². The van der Waals surface area contributed by atoms with Crippen LogP contribution in [0.15, 0.2) is 18.2 Å². The highest BCUT2D eigenvalue weighted by Crippen LogP contribution is 2.34. The summed E-state index contributed by atoms with van der Waals surface area (Å²) in [5, 5.41) is 3.02. The highest BCUT2D eigenvalue weighted by molar-refractivity contribution is 5.96. The van der Waals surface area contributed by atoms with E-state index in [4.69, 9.17) is 5.73 Å². The fourth-order valence-electron chi connectivity index (χ4n) is 3.82. The fraction of sp³-hybridized carbons (Fsp3) is 0.556. The maximum atomic E-state index is 12.6. The molecule has 2 aliphatic rings. The lowest BCUT2D eigenvalue weighted by Crippen LogP contribution is -2.51. The van der Waals surface area contributed by atoms with Crippen molar-refractivity contribution < 1.29 is 9.59 Å². The molecule has 0 bridgehead atoms. The van der Waals surface area contributed by atoms with E-state index in [-0.39, 0.29) is 17.7 Å². The van der Waals surface area contributed by atoms with Crippen molar-refractivity contribution in [2.24, 2.45) is 11.7 Å². The van der Waals surface area contributed by atoms with Gasteiger partial charge in [0.05, 0.1) is 5.92 Å². The summed E-state index contributed by atoms with van der Waals surface area (Å²) in [4.78, 5) is 26.0. The van der Waals surface area contributed by atoms with Gasteiger partial charge in [0.2, 0.25) is 11.8 Å². The Morgan fingerprint density at radius 3 is 2.83 bits per heavy atom. The number of carbonyl (C=O) groups excluding carboxylic acids is 2. The van der Waals surface area contributed by atoms with Crippen LogP contribution in [0.3, 0.4) is 0 Å². The van der Waals surface area contributed by atoms with E-state index in [1.165, 1.54) is 0 Å². The van der Waals surface area contributed by atoms with Gasteiger partial charge in [-0.2, -0.15) is 0 Å². The van der Waals surface area contributed by atoms with Crippen molar-refractivity contribution >= 4 is 23.2 Å². The molecule has 1 aliphatic carbocycles. The molecule has 124 valence electrons. The normalized spacial score (nSPS) is 26.7. The van der Waals surface area contributed by atoms with Gasteiger partial charge < -0.3 is 16.0 Å². The number of anilines is 2. The van der Waals surface area contributed by atoms with Crippen LogP contribution in [-0.4, -0.2) is 23.9 Å². The number of benzene rings is 1. The zero-order chi connectivity index (χ0) is 16.6. The number of rotatable bonds is 2. The van der Waals surface area contributed by atoms with Crippen LogP contribution >= 0.6 is 0 Å². The molecule has 1 aromatic rings. The number of hydrogen-bond donors (Lipinski definition) is 2. The summed E-state index contributed by atoms with van der Waals surface area (Å²) < 4.78 is 0. The Morgan fingerprint density at radius 1 is 1.35 bits per heavy atom.